The summed E-state index contributed by atoms with van der Waals surface area (Å²) in [5.41, 5.74) is -1.06. The highest BCUT2D eigenvalue weighted by Gasteiger charge is 2.48. The lowest BCUT2D eigenvalue weighted by molar-refractivity contribution is -0.147. The summed E-state index contributed by atoms with van der Waals surface area (Å²) in [5.74, 6) is 0.354. The molecule has 0 aromatic carbocycles. The van der Waals surface area contributed by atoms with E-state index in [0.29, 0.717) is 25.7 Å². The van der Waals surface area contributed by atoms with Gasteiger partial charge in [-0.15, -0.1) is 13.2 Å². The molecule has 2 atom stereocenters. The molecule has 1 saturated carbocycles. The van der Waals surface area contributed by atoms with E-state index in [0.717, 1.165) is 0 Å². The van der Waals surface area contributed by atoms with Crippen LogP contribution in [0.25, 0.3) is 0 Å². The molecule has 16 heavy (non-hydrogen) atoms. The summed E-state index contributed by atoms with van der Waals surface area (Å²) in [7, 11) is 0. The smallest absolute Gasteiger partial charge is 0.140 e. The van der Waals surface area contributed by atoms with E-state index in [1.807, 2.05) is 13.8 Å². The first-order chi connectivity index (χ1) is 7.38. The number of carbonyl (C=O) groups excluding carboxylic acids is 2. The number of Topliss-reactive ketones (excluding diaryl/α,β-unsaturated/α-hetero) is 2. The summed E-state index contributed by atoms with van der Waals surface area (Å²) in [6.07, 6.45) is 5.29. The molecule has 0 aromatic heterocycles. The fourth-order valence-electron chi connectivity index (χ4n) is 2.34. The monoisotopic (exact) mass is 220 g/mol. The Morgan fingerprint density at radius 3 is 1.56 bits per heavy atom. The molecule has 0 radical (unpaired) electrons. The lowest BCUT2D eigenvalue weighted by atomic mass is 9.61. The van der Waals surface area contributed by atoms with Gasteiger partial charge in [-0.05, 0) is 12.8 Å². The van der Waals surface area contributed by atoms with Gasteiger partial charge in [0.25, 0.3) is 0 Å². The Morgan fingerprint density at radius 2 is 1.31 bits per heavy atom. The Hall–Kier alpha value is -1.18. The maximum Gasteiger partial charge on any atom is 0.140 e. The van der Waals surface area contributed by atoms with Gasteiger partial charge in [-0.1, -0.05) is 26.0 Å². The van der Waals surface area contributed by atoms with E-state index in [-0.39, 0.29) is 11.6 Å². The van der Waals surface area contributed by atoms with Gasteiger partial charge in [0.2, 0.25) is 0 Å². The fraction of sp³-hybridized carbons (Fsp3) is 0.571. The van der Waals surface area contributed by atoms with Gasteiger partial charge in [-0.25, -0.2) is 0 Å². The third kappa shape index (κ3) is 2.16. The van der Waals surface area contributed by atoms with Crippen LogP contribution in [0.15, 0.2) is 25.3 Å². The number of hydrogen-bond donors (Lipinski definition) is 0. The molecule has 0 amide bonds. The third-order valence-electron chi connectivity index (χ3n) is 3.64. The molecule has 0 heterocycles. The van der Waals surface area contributed by atoms with Gasteiger partial charge in [-0.3, -0.25) is 9.59 Å². The summed E-state index contributed by atoms with van der Waals surface area (Å²) in [5, 5.41) is 0. The largest absolute Gasteiger partial charge is 0.299 e. The highest BCUT2D eigenvalue weighted by atomic mass is 16.1. The van der Waals surface area contributed by atoms with E-state index in [9.17, 15) is 9.59 Å². The number of rotatable bonds is 4. The summed E-state index contributed by atoms with van der Waals surface area (Å²) >= 11 is 0. The van der Waals surface area contributed by atoms with Gasteiger partial charge in [0, 0.05) is 23.7 Å². The molecule has 0 bridgehead atoms. The number of ketones is 2. The Bertz CT molecular complexity index is 309. The van der Waals surface area contributed by atoms with Crippen molar-refractivity contribution in [3.8, 4) is 0 Å². The van der Waals surface area contributed by atoms with E-state index >= 15 is 0 Å². The van der Waals surface area contributed by atoms with Crippen molar-refractivity contribution in [3.63, 3.8) is 0 Å². The molecule has 1 aliphatic rings. The lowest BCUT2D eigenvalue weighted by Gasteiger charge is -2.39. The minimum atomic E-state index is -0.528. The minimum absolute atomic E-state index is 0.177. The van der Waals surface area contributed by atoms with Crippen molar-refractivity contribution in [2.75, 3.05) is 0 Å². The van der Waals surface area contributed by atoms with Crippen molar-refractivity contribution in [2.45, 2.75) is 39.5 Å². The molecule has 0 aliphatic heterocycles. The Balaban J connectivity index is 2.94. The molecule has 2 heteroatoms. The topological polar surface area (TPSA) is 34.1 Å². The molecule has 1 rings (SSSR count). The first kappa shape index (κ1) is 12.9. The van der Waals surface area contributed by atoms with Crippen molar-refractivity contribution >= 4 is 11.6 Å². The van der Waals surface area contributed by atoms with Crippen LogP contribution in [0.5, 0.6) is 0 Å². The summed E-state index contributed by atoms with van der Waals surface area (Å²) < 4.78 is 0. The predicted octanol–water partition coefficient (Wildman–Crippen LogP) is 3.08. The third-order valence-corrected chi connectivity index (χ3v) is 3.64. The second-order valence-corrected chi connectivity index (χ2v) is 5.31. The first-order valence-corrected chi connectivity index (χ1v) is 5.66. The predicted molar refractivity (Wildman–Crippen MR) is 65.1 cm³/mol. The van der Waals surface area contributed by atoms with Crippen LogP contribution in [0, 0.1) is 10.8 Å². The molecule has 0 spiro atoms. The molecule has 2 nitrogen and oxygen atoms in total. The quantitative estimate of drug-likeness (QED) is 0.682. The van der Waals surface area contributed by atoms with E-state index < -0.39 is 10.8 Å². The van der Waals surface area contributed by atoms with Gasteiger partial charge in [0.15, 0.2) is 0 Å². The van der Waals surface area contributed by atoms with Crippen molar-refractivity contribution in [1.29, 1.82) is 0 Å². The van der Waals surface area contributed by atoms with Crippen molar-refractivity contribution in [1.82, 2.24) is 0 Å². The molecule has 0 unspecified atom stereocenters. The van der Waals surface area contributed by atoms with E-state index in [1.54, 1.807) is 12.2 Å². The number of hydrogen-bond acceptors (Lipinski definition) is 2. The first-order valence-electron chi connectivity index (χ1n) is 5.66. The molecule has 0 saturated heterocycles. The van der Waals surface area contributed by atoms with Crippen LogP contribution in [-0.4, -0.2) is 11.6 Å². The van der Waals surface area contributed by atoms with Crippen LogP contribution < -0.4 is 0 Å². The zero-order valence-corrected chi connectivity index (χ0v) is 10.2. The van der Waals surface area contributed by atoms with Crippen molar-refractivity contribution in [3.05, 3.63) is 25.3 Å². The standard InChI is InChI=1S/C14H20O2/c1-5-7-13(3)9-12(16)14(4,8-6-2)10-11(13)15/h5-6H,1-2,7-10H2,3-4H3/t13-,14+. The summed E-state index contributed by atoms with van der Waals surface area (Å²) in [6, 6.07) is 0. The average molecular weight is 220 g/mol. The Morgan fingerprint density at radius 1 is 1.00 bits per heavy atom. The molecular weight excluding hydrogens is 200 g/mol. The van der Waals surface area contributed by atoms with Gasteiger partial charge in [0.05, 0.1) is 0 Å². The Kier molecular flexibility index (Phi) is 3.51. The second-order valence-electron chi connectivity index (χ2n) is 5.31. The van der Waals surface area contributed by atoms with Crippen LogP contribution in [0.3, 0.4) is 0 Å². The van der Waals surface area contributed by atoms with E-state index in [2.05, 4.69) is 13.2 Å². The maximum atomic E-state index is 12.1. The van der Waals surface area contributed by atoms with Gasteiger partial charge >= 0.3 is 0 Å². The van der Waals surface area contributed by atoms with Crippen molar-refractivity contribution < 1.29 is 9.59 Å². The highest BCUT2D eigenvalue weighted by molar-refractivity contribution is 6.00. The van der Waals surface area contributed by atoms with Crippen LogP contribution >= 0.6 is 0 Å². The summed E-state index contributed by atoms with van der Waals surface area (Å²) in [6.45, 7) is 11.0. The number of allylic oxidation sites excluding steroid dienone is 2. The van der Waals surface area contributed by atoms with Crippen LogP contribution in [0.2, 0.25) is 0 Å². The fourth-order valence-corrected chi connectivity index (χ4v) is 2.34. The lowest BCUT2D eigenvalue weighted by Crippen LogP contribution is -2.45. The highest BCUT2D eigenvalue weighted by Crippen LogP contribution is 2.44. The second kappa shape index (κ2) is 4.36. The van der Waals surface area contributed by atoms with Gasteiger partial charge < -0.3 is 0 Å². The number of carbonyl (C=O) groups is 2. The molecule has 88 valence electrons. The zero-order chi connectivity index (χ0) is 12.4. The minimum Gasteiger partial charge on any atom is -0.299 e. The van der Waals surface area contributed by atoms with Crippen LogP contribution in [0.4, 0.5) is 0 Å². The van der Waals surface area contributed by atoms with Crippen LogP contribution in [-0.2, 0) is 9.59 Å². The normalized spacial score (nSPS) is 34.9. The zero-order valence-electron chi connectivity index (χ0n) is 10.2. The molecule has 1 aliphatic carbocycles. The maximum absolute atomic E-state index is 12.1. The molecule has 0 N–H and O–H groups in total. The summed E-state index contributed by atoms with van der Waals surface area (Å²) in [4.78, 5) is 24.2. The molecular formula is C14H20O2. The molecule has 1 fully saturated rings. The van der Waals surface area contributed by atoms with Gasteiger partial charge in [0.1, 0.15) is 11.6 Å². The molecule has 0 aromatic rings. The van der Waals surface area contributed by atoms with Crippen molar-refractivity contribution in [2.24, 2.45) is 10.8 Å². The average Bonchev–Trinajstić information content (AvgIpc) is 2.16. The van der Waals surface area contributed by atoms with E-state index in [4.69, 9.17) is 0 Å². The Labute approximate surface area is 97.4 Å². The van der Waals surface area contributed by atoms with E-state index in [1.165, 1.54) is 0 Å². The SMILES string of the molecule is C=CC[C@@]1(C)CC(=O)[C@](C)(CC=C)CC1=O. The van der Waals surface area contributed by atoms with Crippen LogP contribution in [0.1, 0.15) is 39.5 Å². The van der Waals surface area contributed by atoms with Gasteiger partial charge in [-0.2, -0.15) is 0 Å².